The molecule has 0 aliphatic carbocycles. The van der Waals surface area contributed by atoms with Crippen LogP contribution in [0.5, 0.6) is 0 Å². The monoisotopic (exact) mass is 823 g/mol. The normalized spacial score (nSPS) is 23.5. The van der Waals surface area contributed by atoms with Crippen LogP contribution in [0.2, 0.25) is 0 Å². The van der Waals surface area contributed by atoms with Gasteiger partial charge in [-0.1, -0.05) is 12.1 Å². The van der Waals surface area contributed by atoms with Crippen LogP contribution in [0.1, 0.15) is 62.3 Å². The van der Waals surface area contributed by atoms with Crippen LogP contribution in [0.3, 0.4) is 0 Å². The van der Waals surface area contributed by atoms with Gasteiger partial charge in [0.15, 0.2) is 11.6 Å². The van der Waals surface area contributed by atoms with Crippen molar-refractivity contribution in [3.05, 3.63) is 103 Å². The molecule has 0 radical (unpaired) electrons. The van der Waals surface area contributed by atoms with E-state index in [2.05, 4.69) is 6.07 Å². The summed E-state index contributed by atoms with van der Waals surface area (Å²) in [5.41, 5.74) is -2.35. The first kappa shape index (κ1) is 37.9. The zero-order valence-electron chi connectivity index (χ0n) is 28.2. The number of esters is 1. The number of carbonyl (C=O) groups is 3. The summed E-state index contributed by atoms with van der Waals surface area (Å²) in [6, 6.07) is 8.70. The third-order valence-corrected chi connectivity index (χ3v) is 16.4. The van der Waals surface area contributed by atoms with Crippen LogP contribution in [0.15, 0.2) is 69.5 Å². The molecule has 3 heterocycles. The fraction of sp³-hybridized carbons (Fsp3) is 0.351. The Morgan fingerprint density at radius 1 is 1.24 bits per heavy atom. The number of ketones is 1. The fourth-order valence-corrected chi connectivity index (χ4v) is 13.4. The molecule has 270 valence electrons. The van der Waals surface area contributed by atoms with Crippen molar-refractivity contribution in [3.63, 3.8) is 0 Å². The van der Waals surface area contributed by atoms with Gasteiger partial charge in [0.2, 0.25) is 0 Å². The summed E-state index contributed by atoms with van der Waals surface area (Å²) in [7, 11) is 1.27. The summed E-state index contributed by atoms with van der Waals surface area (Å²) in [4.78, 5) is 39.6. The average Bonchev–Trinajstić information content (AvgIpc) is 3.49. The van der Waals surface area contributed by atoms with Gasteiger partial charge in [0.05, 0.1) is 0 Å². The standard InChI is InChI=1S/C37H35F5IN3O5/c1-21-15-25(17-27(19-44)43(21)22(2)16-31(48)51-4)28-18-26(37(40,41)42)11-9-23(28)10-12-30(47)32-34(49)36(3)13-6-14-46(36)45(35(32)50)20-24-7-5-8-29(38)33(24)39/h5,7-12,15,17-18,21-22,47H,6,13-14,16,20H2,1-4H3/b12-10+,32-30?. The number of aliphatic hydroxyl groups excluding tert-OH is 1. The number of methoxy groups -OCH3 is 1. The average molecular weight is 824 g/mol. The maximum absolute atomic E-state index is 14.7. The van der Waals surface area contributed by atoms with Crippen molar-refractivity contribution in [2.24, 2.45) is 0 Å². The van der Waals surface area contributed by atoms with E-state index < -0.39 is 84.3 Å². The second-order valence-corrected chi connectivity index (χ2v) is 19.8. The number of benzene rings is 2. The molecule has 14 heteroatoms. The first-order valence-electron chi connectivity index (χ1n) is 16.0. The van der Waals surface area contributed by atoms with E-state index in [0.717, 1.165) is 29.3 Å². The number of amides is 1. The summed E-state index contributed by atoms with van der Waals surface area (Å²) in [5.74, 6) is -5.07. The molecule has 3 unspecified atom stereocenters. The minimum atomic E-state index is -4.70. The van der Waals surface area contributed by atoms with Gasteiger partial charge < -0.3 is 0 Å². The quantitative estimate of drug-likeness (QED) is 0.0550. The van der Waals surface area contributed by atoms with Gasteiger partial charge in [-0.2, -0.15) is 0 Å². The van der Waals surface area contributed by atoms with Gasteiger partial charge in [-0.15, -0.1) is 0 Å². The minimum absolute atomic E-state index is 0.0908. The molecular weight excluding hydrogens is 788 g/mol. The molecule has 2 saturated heterocycles. The molecule has 0 saturated carbocycles. The zero-order valence-corrected chi connectivity index (χ0v) is 30.3. The van der Waals surface area contributed by atoms with E-state index in [0.29, 0.717) is 22.0 Å². The topological polar surface area (TPSA) is 111 Å². The third-order valence-electron chi connectivity index (χ3n) is 9.26. The van der Waals surface area contributed by atoms with Gasteiger partial charge in [0.25, 0.3) is 0 Å². The van der Waals surface area contributed by atoms with Crippen molar-refractivity contribution in [3.8, 4) is 6.07 Å². The van der Waals surface area contributed by atoms with Crippen LogP contribution >= 0.6 is 19.8 Å². The number of fused-ring (bicyclic) bond motifs is 1. The van der Waals surface area contributed by atoms with Crippen LogP contribution in [0.25, 0.3) is 11.6 Å². The van der Waals surface area contributed by atoms with Gasteiger partial charge in [0, 0.05) is 12.1 Å². The molecule has 1 N–H and O–H groups in total. The zero-order chi connectivity index (χ0) is 37.4. The van der Waals surface area contributed by atoms with E-state index in [9.17, 15) is 46.7 Å². The van der Waals surface area contributed by atoms with Crippen LogP contribution in [-0.4, -0.2) is 59.8 Å². The number of hydrogen-bond acceptors (Lipinski definition) is 7. The maximum atomic E-state index is 14.7. The molecule has 0 bridgehead atoms. The SMILES string of the molecule is COC(=O)CC(C)I1C(C#N)=CC(c2cc(C(F)(F)F)ccc2/C=C/C(O)=C2C(=O)N(Cc3cccc(F)c3F)N3CCCC3(C)C2=O)=CC1C. The first-order valence-corrected chi connectivity index (χ1v) is 19.6. The predicted molar refractivity (Wildman–Crippen MR) is 188 cm³/mol. The van der Waals surface area contributed by atoms with Crippen molar-refractivity contribution >= 4 is 49.1 Å². The van der Waals surface area contributed by atoms with E-state index in [1.165, 1.54) is 42.5 Å². The number of nitriles is 1. The molecule has 3 aliphatic heterocycles. The Morgan fingerprint density at radius 2 is 1.96 bits per heavy atom. The Morgan fingerprint density at radius 3 is 2.63 bits per heavy atom. The Balaban J connectivity index is 1.56. The molecule has 2 fully saturated rings. The number of hydrogen-bond donors (Lipinski definition) is 1. The number of carbonyl (C=O) groups excluding carboxylic acids is 3. The van der Waals surface area contributed by atoms with Crippen LogP contribution in [-0.2, 0) is 31.8 Å². The third kappa shape index (κ3) is 7.36. The van der Waals surface area contributed by atoms with E-state index in [4.69, 9.17) is 4.74 Å². The summed E-state index contributed by atoms with van der Waals surface area (Å²) in [5, 5.41) is 24.0. The second kappa shape index (κ2) is 14.7. The van der Waals surface area contributed by atoms with Gasteiger partial charge in [-0.25, -0.2) is 8.78 Å². The number of nitrogens with zero attached hydrogens (tertiary/aromatic N) is 3. The summed E-state index contributed by atoms with van der Waals surface area (Å²) >= 11 is -2.36. The van der Waals surface area contributed by atoms with Crippen LogP contribution in [0.4, 0.5) is 22.0 Å². The Labute approximate surface area is 298 Å². The molecule has 3 atom stereocenters. The van der Waals surface area contributed by atoms with Crippen molar-refractivity contribution in [1.82, 2.24) is 10.0 Å². The van der Waals surface area contributed by atoms with Crippen molar-refractivity contribution in [1.29, 1.82) is 5.26 Å². The van der Waals surface area contributed by atoms with Crippen molar-refractivity contribution in [2.75, 3.05) is 13.7 Å². The molecule has 2 aromatic carbocycles. The Kier molecular flexibility index (Phi) is 10.9. The summed E-state index contributed by atoms with van der Waals surface area (Å²) in [6.07, 6.45) is 1.85. The number of allylic oxidation sites excluding steroid dienone is 5. The van der Waals surface area contributed by atoms with Crippen molar-refractivity contribution < 1.29 is 46.2 Å². The number of hydrazine groups is 1. The molecular formula is C37H35F5IN3O5. The predicted octanol–water partition coefficient (Wildman–Crippen LogP) is 7.84. The van der Waals surface area contributed by atoms with Gasteiger partial charge in [-0.05, 0) is 12.5 Å². The first-order chi connectivity index (χ1) is 24.0. The summed E-state index contributed by atoms with van der Waals surface area (Å²) < 4.78 is 75.3. The molecule has 2 aromatic rings. The molecule has 8 nitrogen and oxygen atoms in total. The van der Waals surface area contributed by atoms with Gasteiger partial charge in [0.1, 0.15) is 0 Å². The molecule has 3 aliphatic rings. The second-order valence-electron chi connectivity index (χ2n) is 12.6. The van der Waals surface area contributed by atoms with Gasteiger partial charge >= 0.3 is 243 Å². The Hall–Kier alpha value is -4.36. The Bertz CT molecular complexity index is 1950. The summed E-state index contributed by atoms with van der Waals surface area (Å²) in [6.45, 7) is 5.16. The number of rotatable bonds is 8. The number of ether oxygens (including phenoxy) is 1. The fourth-order valence-electron chi connectivity index (χ4n) is 6.70. The molecule has 5 rings (SSSR count). The molecule has 0 aromatic heterocycles. The van der Waals surface area contributed by atoms with E-state index in [1.807, 2.05) is 13.8 Å². The molecule has 51 heavy (non-hydrogen) atoms. The van der Waals surface area contributed by atoms with E-state index in [1.54, 1.807) is 13.0 Å². The van der Waals surface area contributed by atoms with Gasteiger partial charge in [-0.3, -0.25) is 0 Å². The van der Waals surface area contributed by atoms with Crippen LogP contribution in [0, 0.1) is 23.0 Å². The molecule has 0 spiro atoms. The van der Waals surface area contributed by atoms with Crippen LogP contribution < -0.4 is 0 Å². The van der Waals surface area contributed by atoms with E-state index >= 15 is 0 Å². The number of alkyl halides is 5. The number of Topliss-reactive ketones (excluding diaryl/α,β-unsaturated/α-hetero) is 1. The number of halogens is 6. The molecule has 1 amide bonds. The van der Waals surface area contributed by atoms with E-state index in [-0.39, 0.29) is 37.5 Å². The van der Waals surface area contributed by atoms with Crippen molar-refractivity contribution in [2.45, 2.75) is 66.1 Å². The number of aliphatic hydroxyl groups is 1.